The zero-order valence-corrected chi connectivity index (χ0v) is 31.9. The van der Waals surface area contributed by atoms with Crippen LogP contribution in [0.3, 0.4) is 0 Å². The fourth-order valence-corrected chi connectivity index (χ4v) is 10.0. The van der Waals surface area contributed by atoms with Gasteiger partial charge in [-0.1, -0.05) is 153 Å². The average Bonchev–Trinajstić information content (AvgIpc) is 3.86. The predicted octanol–water partition coefficient (Wildman–Crippen LogP) is 14.7. The summed E-state index contributed by atoms with van der Waals surface area (Å²) >= 11 is 0. The highest BCUT2D eigenvalue weighted by atomic mass is 15.0. The molecular weight excluding hydrogens is 689 g/mol. The smallest absolute Gasteiger partial charge is 0.0588 e. The Balaban J connectivity index is 1.09. The van der Waals surface area contributed by atoms with Gasteiger partial charge in [-0.05, 0) is 110 Å². The molecular formula is C55H38N2. The van der Waals surface area contributed by atoms with E-state index in [0.717, 1.165) is 0 Å². The zero-order valence-electron chi connectivity index (χ0n) is 31.9. The van der Waals surface area contributed by atoms with Crippen LogP contribution in [-0.2, 0) is 5.41 Å². The maximum Gasteiger partial charge on any atom is 0.0588 e. The van der Waals surface area contributed by atoms with Crippen molar-refractivity contribution in [2.45, 2.75) is 19.3 Å². The van der Waals surface area contributed by atoms with Crippen molar-refractivity contribution >= 4 is 54.4 Å². The van der Waals surface area contributed by atoms with Crippen LogP contribution in [0, 0.1) is 0 Å². The molecule has 0 saturated carbocycles. The van der Waals surface area contributed by atoms with Crippen LogP contribution in [-0.4, -0.2) is 9.13 Å². The lowest BCUT2D eigenvalue weighted by atomic mass is 9.81. The molecule has 2 nitrogen and oxygen atoms in total. The Hall–Kier alpha value is -7.16. The molecule has 0 atom stereocenters. The van der Waals surface area contributed by atoms with E-state index in [0.29, 0.717) is 0 Å². The first-order valence-electron chi connectivity index (χ1n) is 19.9. The lowest BCUT2D eigenvalue weighted by Gasteiger charge is -2.23. The van der Waals surface area contributed by atoms with Crippen molar-refractivity contribution in [1.29, 1.82) is 0 Å². The summed E-state index contributed by atoms with van der Waals surface area (Å²) in [5.41, 5.74) is 17.4. The molecule has 0 amide bonds. The summed E-state index contributed by atoms with van der Waals surface area (Å²) in [7, 11) is 0. The molecule has 12 rings (SSSR count). The molecule has 57 heavy (non-hydrogen) atoms. The molecule has 1 aliphatic rings. The van der Waals surface area contributed by atoms with Gasteiger partial charge in [0.25, 0.3) is 0 Å². The molecule has 11 aromatic rings. The van der Waals surface area contributed by atoms with Crippen LogP contribution in [0.1, 0.15) is 25.0 Å². The van der Waals surface area contributed by atoms with E-state index >= 15 is 0 Å². The minimum Gasteiger partial charge on any atom is -0.309 e. The highest BCUT2D eigenvalue weighted by Crippen LogP contribution is 2.53. The number of para-hydroxylation sites is 1. The molecule has 0 unspecified atom stereocenters. The maximum atomic E-state index is 2.54. The Labute approximate surface area is 331 Å². The fraction of sp³-hybridized carbons (Fsp3) is 0.0545. The summed E-state index contributed by atoms with van der Waals surface area (Å²) in [5.74, 6) is 0. The second-order valence-electron chi connectivity index (χ2n) is 16.2. The highest BCUT2D eigenvalue weighted by molar-refractivity contribution is 6.15. The van der Waals surface area contributed by atoms with Crippen molar-refractivity contribution in [2.24, 2.45) is 0 Å². The van der Waals surface area contributed by atoms with E-state index in [4.69, 9.17) is 0 Å². The molecule has 9 aromatic carbocycles. The molecule has 0 radical (unpaired) electrons. The van der Waals surface area contributed by atoms with Crippen LogP contribution in [0.2, 0.25) is 0 Å². The van der Waals surface area contributed by atoms with Gasteiger partial charge in [-0.15, -0.1) is 0 Å². The lowest BCUT2D eigenvalue weighted by molar-refractivity contribution is 0.664. The Kier molecular flexibility index (Phi) is 6.72. The van der Waals surface area contributed by atoms with Gasteiger partial charge in [0, 0.05) is 38.3 Å². The van der Waals surface area contributed by atoms with Gasteiger partial charge in [0.1, 0.15) is 0 Å². The average molecular weight is 727 g/mol. The molecule has 0 aliphatic heterocycles. The third-order valence-electron chi connectivity index (χ3n) is 12.7. The first-order chi connectivity index (χ1) is 28.0. The van der Waals surface area contributed by atoms with Crippen LogP contribution in [0.15, 0.2) is 194 Å². The van der Waals surface area contributed by atoms with Gasteiger partial charge in [-0.3, -0.25) is 0 Å². The summed E-state index contributed by atoms with van der Waals surface area (Å²) in [4.78, 5) is 0. The number of fused-ring (bicyclic) bond motifs is 11. The summed E-state index contributed by atoms with van der Waals surface area (Å²) in [6.07, 6.45) is 0. The van der Waals surface area contributed by atoms with Crippen molar-refractivity contribution in [3.05, 3.63) is 205 Å². The molecule has 0 bridgehead atoms. The second kappa shape index (κ2) is 11.9. The standard InChI is InChI=1S/C55H38N2/c1-55(2)49-21-10-8-19-43(49)45-27-28-46-48-34-40(25-30-52(48)57(54(46)53(45)55)41-18-12-17-38(31-41)35-13-4-3-5-14-35)39-24-29-51-47(33-39)44-20-9-11-22-50(44)56(51)42-26-23-36-15-6-7-16-37(36)32-42/h3-34H,1-2H3. The number of hydrogen-bond acceptors (Lipinski definition) is 0. The van der Waals surface area contributed by atoms with Gasteiger partial charge in [-0.2, -0.15) is 0 Å². The van der Waals surface area contributed by atoms with Crippen LogP contribution in [0.4, 0.5) is 0 Å². The molecule has 2 heterocycles. The lowest BCUT2D eigenvalue weighted by Crippen LogP contribution is -2.16. The Bertz CT molecular complexity index is 3430. The number of benzene rings is 9. The van der Waals surface area contributed by atoms with Crippen molar-refractivity contribution in [3.63, 3.8) is 0 Å². The monoisotopic (exact) mass is 726 g/mol. The topological polar surface area (TPSA) is 9.86 Å². The van der Waals surface area contributed by atoms with Crippen molar-refractivity contribution in [2.75, 3.05) is 0 Å². The van der Waals surface area contributed by atoms with Gasteiger partial charge in [0.05, 0.1) is 22.1 Å². The summed E-state index contributed by atoms with van der Waals surface area (Å²) in [6.45, 7) is 4.79. The quantitative estimate of drug-likeness (QED) is 0.171. The van der Waals surface area contributed by atoms with Crippen LogP contribution in [0.5, 0.6) is 0 Å². The molecule has 0 N–H and O–H groups in total. The normalized spacial score (nSPS) is 13.2. The molecule has 0 spiro atoms. The van der Waals surface area contributed by atoms with Crippen molar-refractivity contribution in [3.8, 4) is 44.8 Å². The van der Waals surface area contributed by atoms with Gasteiger partial charge in [0.15, 0.2) is 0 Å². The Morgan fingerprint density at radius 2 is 0.982 bits per heavy atom. The van der Waals surface area contributed by atoms with E-state index in [1.165, 1.54) is 110 Å². The highest BCUT2D eigenvalue weighted by Gasteiger charge is 2.38. The van der Waals surface area contributed by atoms with Gasteiger partial charge >= 0.3 is 0 Å². The molecule has 2 aromatic heterocycles. The van der Waals surface area contributed by atoms with E-state index in [2.05, 4.69) is 217 Å². The van der Waals surface area contributed by atoms with Crippen molar-refractivity contribution < 1.29 is 0 Å². The number of hydrogen-bond donors (Lipinski definition) is 0. The van der Waals surface area contributed by atoms with Gasteiger partial charge in [0.2, 0.25) is 0 Å². The van der Waals surface area contributed by atoms with Crippen LogP contribution < -0.4 is 0 Å². The molecule has 2 heteroatoms. The van der Waals surface area contributed by atoms with E-state index in [-0.39, 0.29) is 5.41 Å². The number of nitrogens with zero attached hydrogens (tertiary/aromatic N) is 2. The van der Waals surface area contributed by atoms with Crippen LogP contribution in [0.25, 0.3) is 99.1 Å². The Morgan fingerprint density at radius 1 is 0.351 bits per heavy atom. The minimum atomic E-state index is -0.165. The Morgan fingerprint density at radius 3 is 1.82 bits per heavy atom. The van der Waals surface area contributed by atoms with Gasteiger partial charge < -0.3 is 9.13 Å². The van der Waals surface area contributed by atoms with E-state index in [1.54, 1.807) is 0 Å². The third kappa shape index (κ3) is 4.65. The second-order valence-corrected chi connectivity index (χ2v) is 16.2. The van der Waals surface area contributed by atoms with Crippen LogP contribution >= 0.6 is 0 Å². The SMILES string of the molecule is CC1(C)c2ccccc2-c2ccc3c4cc(-c5ccc6c(c5)c5ccccc5n6-c5ccc6ccccc6c5)ccc4n(-c4cccc(-c5ccccc5)c4)c3c21. The number of aromatic nitrogens is 2. The summed E-state index contributed by atoms with van der Waals surface area (Å²) < 4.78 is 4.95. The summed E-state index contributed by atoms with van der Waals surface area (Å²) in [5, 5.41) is 7.56. The molecule has 0 fully saturated rings. The van der Waals surface area contributed by atoms with Gasteiger partial charge in [-0.25, -0.2) is 0 Å². The molecule has 1 aliphatic carbocycles. The minimum absolute atomic E-state index is 0.165. The fourth-order valence-electron chi connectivity index (χ4n) is 10.0. The van der Waals surface area contributed by atoms with E-state index in [9.17, 15) is 0 Å². The third-order valence-corrected chi connectivity index (χ3v) is 12.7. The number of rotatable bonds is 4. The summed E-state index contributed by atoms with van der Waals surface area (Å²) in [6, 6.07) is 71.8. The molecule has 268 valence electrons. The van der Waals surface area contributed by atoms with E-state index in [1.807, 2.05) is 0 Å². The maximum absolute atomic E-state index is 2.54. The largest absolute Gasteiger partial charge is 0.309 e. The van der Waals surface area contributed by atoms with E-state index < -0.39 is 0 Å². The molecule has 0 saturated heterocycles. The predicted molar refractivity (Wildman–Crippen MR) is 241 cm³/mol. The zero-order chi connectivity index (χ0) is 37.8. The first kappa shape index (κ1) is 32.1. The van der Waals surface area contributed by atoms with Crippen molar-refractivity contribution in [1.82, 2.24) is 9.13 Å². The first-order valence-corrected chi connectivity index (χ1v) is 19.9.